The van der Waals surface area contributed by atoms with Crippen LogP contribution < -0.4 is 5.32 Å². The fourth-order valence-corrected chi connectivity index (χ4v) is 2.75. The molecule has 100 valence electrons. The smallest absolute Gasteiger partial charge is 0.0170 e. The maximum Gasteiger partial charge on any atom is 0.0170 e. The van der Waals surface area contributed by atoms with E-state index in [2.05, 4.69) is 96.5 Å². The molecule has 2 atom stereocenters. The van der Waals surface area contributed by atoms with Crippen molar-refractivity contribution in [2.45, 2.75) is 25.3 Å². The molecule has 2 aromatic carbocycles. The third kappa shape index (κ3) is 4.05. The van der Waals surface area contributed by atoms with Gasteiger partial charge in [-0.05, 0) is 65.2 Å². The highest BCUT2D eigenvalue weighted by Crippen LogP contribution is 2.21. The quantitative estimate of drug-likeness (QED) is 0.783. The van der Waals surface area contributed by atoms with Gasteiger partial charge in [-0.15, -0.1) is 0 Å². The van der Waals surface area contributed by atoms with Gasteiger partial charge in [0, 0.05) is 9.61 Å². The number of hydrogen-bond donors (Lipinski definition) is 1. The van der Waals surface area contributed by atoms with E-state index in [0.717, 1.165) is 6.42 Å². The van der Waals surface area contributed by atoms with Crippen LogP contribution >= 0.6 is 22.6 Å². The standard InChI is InChI=1S/C17H20IN/c1-13(15-6-4-3-5-7-15)17(19-2)12-14-8-10-16(18)11-9-14/h3-11,13,17,19H,12H2,1-2H3. The summed E-state index contributed by atoms with van der Waals surface area (Å²) < 4.78 is 1.29. The highest BCUT2D eigenvalue weighted by Gasteiger charge is 2.17. The Labute approximate surface area is 129 Å². The first-order chi connectivity index (χ1) is 9.20. The SMILES string of the molecule is CNC(Cc1ccc(I)cc1)C(C)c1ccccc1. The second-order valence-corrected chi connectivity index (χ2v) is 6.17. The van der Waals surface area contributed by atoms with Crippen molar-refractivity contribution in [3.8, 4) is 0 Å². The van der Waals surface area contributed by atoms with E-state index in [1.54, 1.807) is 0 Å². The molecule has 1 nitrogen and oxygen atoms in total. The predicted molar refractivity (Wildman–Crippen MR) is 90.6 cm³/mol. The minimum atomic E-state index is 0.461. The third-order valence-electron chi connectivity index (χ3n) is 3.67. The van der Waals surface area contributed by atoms with Gasteiger partial charge in [-0.2, -0.15) is 0 Å². The Morgan fingerprint density at radius 2 is 1.63 bits per heavy atom. The van der Waals surface area contributed by atoms with Crippen molar-refractivity contribution in [1.29, 1.82) is 0 Å². The lowest BCUT2D eigenvalue weighted by Crippen LogP contribution is -2.32. The molecule has 2 aromatic rings. The molecule has 0 amide bonds. The summed E-state index contributed by atoms with van der Waals surface area (Å²) in [6.07, 6.45) is 1.06. The molecule has 19 heavy (non-hydrogen) atoms. The van der Waals surface area contributed by atoms with Crippen molar-refractivity contribution in [2.75, 3.05) is 7.05 Å². The van der Waals surface area contributed by atoms with Crippen LogP contribution in [-0.4, -0.2) is 13.1 Å². The Bertz CT molecular complexity index is 492. The van der Waals surface area contributed by atoms with Crippen LogP contribution in [0, 0.1) is 3.57 Å². The van der Waals surface area contributed by atoms with Gasteiger partial charge in [-0.3, -0.25) is 0 Å². The van der Waals surface area contributed by atoms with Crippen LogP contribution in [0.15, 0.2) is 54.6 Å². The van der Waals surface area contributed by atoms with E-state index in [1.807, 2.05) is 0 Å². The third-order valence-corrected chi connectivity index (χ3v) is 4.39. The van der Waals surface area contributed by atoms with Crippen molar-refractivity contribution < 1.29 is 0 Å². The lowest BCUT2D eigenvalue weighted by molar-refractivity contribution is 0.483. The van der Waals surface area contributed by atoms with Crippen molar-refractivity contribution in [3.63, 3.8) is 0 Å². The summed E-state index contributed by atoms with van der Waals surface area (Å²) in [5.41, 5.74) is 2.79. The molecule has 0 aliphatic heterocycles. The first-order valence-corrected chi connectivity index (χ1v) is 7.75. The molecule has 0 heterocycles. The zero-order chi connectivity index (χ0) is 13.7. The second kappa shape index (κ2) is 7.06. The summed E-state index contributed by atoms with van der Waals surface area (Å²) in [6.45, 7) is 2.29. The molecular formula is C17H20IN. The summed E-state index contributed by atoms with van der Waals surface area (Å²) in [6, 6.07) is 20.0. The maximum absolute atomic E-state index is 3.46. The Balaban J connectivity index is 2.10. The Morgan fingerprint density at radius 1 is 1.00 bits per heavy atom. The van der Waals surface area contributed by atoms with Crippen LogP contribution in [-0.2, 0) is 6.42 Å². The molecule has 0 radical (unpaired) electrons. The number of benzene rings is 2. The molecule has 0 aromatic heterocycles. The van der Waals surface area contributed by atoms with Crippen LogP contribution in [0.3, 0.4) is 0 Å². The van der Waals surface area contributed by atoms with Crippen LogP contribution in [0.4, 0.5) is 0 Å². The van der Waals surface area contributed by atoms with E-state index in [1.165, 1.54) is 14.7 Å². The minimum absolute atomic E-state index is 0.461. The number of halogens is 1. The molecule has 0 fully saturated rings. The summed E-state index contributed by atoms with van der Waals surface area (Å²) in [5, 5.41) is 3.46. The molecule has 0 spiro atoms. The van der Waals surface area contributed by atoms with E-state index in [4.69, 9.17) is 0 Å². The molecule has 1 N–H and O–H groups in total. The van der Waals surface area contributed by atoms with Crippen LogP contribution in [0.2, 0.25) is 0 Å². The van der Waals surface area contributed by atoms with Gasteiger partial charge >= 0.3 is 0 Å². The lowest BCUT2D eigenvalue weighted by atomic mass is 9.89. The van der Waals surface area contributed by atoms with Crippen molar-refractivity contribution >= 4 is 22.6 Å². The van der Waals surface area contributed by atoms with E-state index in [-0.39, 0.29) is 0 Å². The number of nitrogens with one attached hydrogen (secondary N) is 1. The van der Waals surface area contributed by atoms with Gasteiger partial charge < -0.3 is 5.32 Å². The first kappa shape index (κ1) is 14.5. The van der Waals surface area contributed by atoms with Gasteiger partial charge in [-0.25, -0.2) is 0 Å². The average molecular weight is 365 g/mol. The van der Waals surface area contributed by atoms with E-state index < -0.39 is 0 Å². The van der Waals surface area contributed by atoms with Gasteiger partial charge in [0.25, 0.3) is 0 Å². The number of rotatable bonds is 5. The van der Waals surface area contributed by atoms with Gasteiger partial charge in [0.15, 0.2) is 0 Å². The van der Waals surface area contributed by atoms with Crippen molar-refractivity contribution in [3.05, 3.63) is 69.3 Å². The lowest BCUT2D eigenvalue weighted by Gasteiger charge is -2.24. The fourth-order valence-electron chi connectivity index (χ4n) is 2.39. The van der Waals surface area contributed by atoms with Gasteiger partial charge in [0.05, 0.1) is 0 Å². The molecule has 0 aliphatic rings. The molecule has 0 saturated heterocycles. The molecule has 2 heteroatoms. The Hall–Kier alpha value is -0.870. The first-order valence-electron chi connectivity index (χ1n) is 6.67. The van der Waals surface area contributed by atoms with Gasteiger partial charge in [-0.1, -0.05) is 49.4 Å². The molecule has 0 aliphatic carbocycles. The molecule has 2 unspecified atom stereocenters. The molecule has 2 rings (SSSR count). The summed E-state index contributed by atoms with van der Waals surface area (Å²) in [4.78, 5) is 0. The monoisotopic (exact) mass is 365 g/mol. The Kier molecular flexibility index (Phi) is 5.40. The van der Waals surface area contributed by atoms with Gasteiger partial charge in [0.1, 0.15) is 0 Å². The highest BCUT2D eigenvalue weighted by atomic mass is 127. The molecular weight excluding hydrogens is 345 g/mol. The van der Waals surface area contributed by atoms with E-state index in [9.17, 15) is 0 Å². The summed E-state index contributed by atoms with van der Waals surface area (Å²) in [7, 11) is 2.05. The zero-order valence-electron chi connectivity index (χ0n) is 11.4. The predicted octanol–water partition coefficient (Wildman–Crippen LogP) is 4.23. The van der Waals surface area contributed by atoms with Crippen molar-refractivity contribution in [2.24, 2.45) is 0 Å². The second-order valence-electron chi connectivity index (χ2n) is 4.93. The molecule has 0 saturated carbocycles. The van der Waals surface area contributed by atoms with Crippen LogP contribution in [0.5, 0.6) is 0 Å². The topological polar surface area (TPSA) is 12.0 Å². The van der Waals surface area contributed by atoms with Crippen LogP contribution in [0.25, 0.3) is 0 Å². The fraction of sp³-hybridized carbons (Fsp3) is 0.294. The summed E-state index contributed by atoms with van der Waals surface area (Å²) in [5.74, 6) is 0.505. The Morgan fingerprint density at radius 3 is 2.21 bits per heavy atom. The van der Waals surface area contributed by atoms with E-state index in [0.29, 0.717) is 12.0 Å². The maximum atomic E-state index is 3.46. The normalized spacial score (nSPS) is 14.1. The number of likely N-dealkylation sites (N-methyl/N-ethyl adjacent to an activating group) is 1. The molecule has 0 bridgehead atoms. The van der Waals surface area contributed by atoms with Gasteiger partial charge in [0.2, 0.25) is 0 Å². The zero-order valence-corrected chi connectivity index (χ0v) is 13.6. The van der Waals surface area contributed by atoms with E-state index >= 15 is 0 Å². The highest BCUT2D eigenvalue weighted by molar-refractivity contribution is 14.1. The largest absolute Gasteiger partial charge is 0.316 e. The number of hydrogen-bond acceptors (Lipinski definition) is 1. The average Bonchev–Trinajstić information content (AvgIpc) is 2.47. The summed E-state index contributed by atoms with van der Waals surface area (Å²) >= 11 is 2.35. The van der Waals surface area contributed by atoms with Crippen molar-refractivity contribution in [1.82, 2.24) is 5.32 Å². The van der Waals surface area contributed by atoms with Crippen LogP contribution in [0.1, 0.15) is 24.0 Å². The minimum Gasteiger partial charge on any atom is -0.316 e.